The number of nitrogens with zero attached hydrogens (tertiary/aromatic N) is 2. The van der Waals surface area contributed by atoms with Crippen LogP contribution in [0.2, 0.25) is 5.02 Å². The standard InChI is InChI=1S/C14H14ClF2N3O2/c1-9-6-11(22-14(16)17)2-3-12(9)19-13(21)4-5-20-8-10(15)7-18-20/h2-3,6-8,14H,4-5H2,1H3,(H,19,21). The van der Waals surface area contributed by atoms with Crippen molar-refractivity contribution in [3.05, 3.63) is 41.2 Å². The number of carbonyl (C=O) groups is 1. The third-order valence-electron chi connectivity index (χ3n) is 2.87. The maximum absolute atomic E-state index is 12.1. The van der Waals surface area contributed by atoms with Gasteiger partial charge in [-0.2, -0.15) is 13.9 Å². The minimum atomic E-state index is -2.87. The van der Waals surface area contributed by atoms with Gasteiger partial charge >= 0.3 is 6.61 Å². The molecule has 0 aliphatic rings. The molecule has 1 amide bonds. The maximum Gasteiger partial charge on any atom is 0.387 e. The largest absolute Gasteiger partial charge is 0.435 e. The number of aryl methyl sites for hydroxylation is 2. The first-order chi connectivity index (χ1) is 10.4. The molecule has 0 fully saturated rings. The number of benzene rings is 1. The van der Waals surface area contributed by atoms with Crippen LogP contribution in [0.25, 0.3) is 0 Å². The summed E-state index contributed by atoms with van der Waals surface area (Å²) in [6, 6.07) is 4.34. The molecule has 0 aliphatic carbocycles. The summed E-state index contributed by atoms with van der Waals surface area (Å²) in [6.07, 6.45) is 3.33. The normalized spacial score (nSPS) is 10.8. The molecule has 2 rings (SSSR count). The fourth-order valence-corrected chi connectivity index (χ4v) is 2.00. The molecule has 0 saturated heterocycles. The molecule has 5 nitrogen and oxygen atoms in total. The van der Waals surface area contributed by atoms with Crippen molar-refractivity contribution in [1.29, 1.82) is 0 Å². The molecule has 0 saturated carbocycles. The van der Waals surface area contributed by atoms with E-state index in [1.165, 1.54) is 24.4 Å². The third kappa shape index (κ3) is 4.70. The Morgan fingerprint density at radius 3 is 2.86 bits per heavy atom. The van der Waals surface area contributed by atoms with E-state index in [0.717, 1.165) is 0 Å². The summed E-state index contributed by atoms with van der Waals surface area (Å²) in [5.41, 5.74) is 1.18. The molecule has 22 heavy (non-hydrogen) atoms. The van der Waals surface area contributed by atoms with Gasteiger partial charge in [0.15, 0.2) is 0 Å². The Balaban J connectivity index is 1.90. The Hall–Kier alpha value is -2.15. The Morgan fingerprint density at radius 2 is 2.27 bits per heavy atom. The van der Waals surface area contributed by atoms with Gasteiger partial charge in [-0.25, -0.2) is 0 Å². The zero-order valence-corrected chi connectivity index (χ0v) is 12.5. The fraction of sp³-hybridized carbons (Fsp3) is 0.286. The summed E-state index contributed by atoms with van der Waals surface area (Å²) in [5, 5.41) is 7.19. The Bertz CT molecular complexity index is 661. The second kappa shape index (κ2) is 7.22. The smallest absolute Gasteiger partial charge is 0.387 e. The van der Waals surface area contributed by atoms with Crippen molar-refractivity contribution in [2.75, 3.05) is 5.32 Å². The monoisotopic (exact) mass is 329 g/mol. The highest BCUT2D eigenvalue weighted by molar-refractivity contribution is 6.30. The van der Waals surface area contributed by atoms with E-state index in [1.54, 1.807) is 17.8 Å². The van der Waals surface area contributed by atoms with E-state index in [0.29, 0.717) is 22.8 Å². The third-order valence-corrected chi connectivity index (χ3v) is 3.06. The minimum absolute atomic E-state index is 0.0525. The van der Waals surface area contributed by atoms with Crippen LogP contribution in [0.3, 0.4) is 0 Å². The van der Waals surface area contributed by atoms with Crippen molar-refractivity contribution in [3.8, 4) is 5.75 Å². The lowest BCUT2D eigenvalue weighted by Gasteiger charge is -2.11. The molecular formula is C14H14ClF2N3O2. The van der Waals surface area contributed by atoms with Crippen LogP contribution in [-0.4, -0.2) is 22.3 Å². The van der Waals surface area contributed by atoms with E-state index in [-0.39, 0.29) is 18.1 Å². The van der Waals surface area contributed by atoms with E-state index in [9.17, 15) is 13.6 Å². The summed E-state index contributed by atoms with van der Waals surface area (Å²) < 4.78 is 30.1. The molecule has 0 aliphatic heterocycles. The van der Waals surface area contributed by atoms with Gasteiger partial charge in [0.1, 0.15) is 5.75 Å². The summed E-state index contributed by atoms with van der Waals surface area (Å²) in [7, 11) is 0. The van der Waals surface area contributed by atoms with Crippen molar-refractivity contribution in [3.63, 3.8) is 0 Å². The average molecular weight is 330 g/mol. The Kier molecular flexibility index (Phi) is 5.32. The van der Waals surface area contributed by atoms with Gasteiger partial charge < -0.3 is 10.1 Å². The molecule has 2 aromatic rings. The predicted molar refractivity (Wildman–Crippen MR) is 78.3 cm³/mol. The van der Waals surface area contributed by atoms with Crippen LogP contribution in [0.4, 0.5) is 14.5 Å². The predicted octanol–water partition coefficient (Wildman–Crippen LogP) is 3.48. The molecule has 0 bridgehead atoms. The fourth-order valence-electron chi connectivity index (χ4n) is 1.84. The number of hydrogen-bond donors (Lipinski definition) is 1. The van der Waals surface area contributed by atoms with Crippen molar-refractivity contribution in [2.24, 2.45) is 0 Å². The van der Waals surface area contributed by atoms with Crippen LogP contribution in [0.15, 0.2) is 30.6 Å². The summed E-state index contributed by atoms with van der Waals surface area (Å²) in [6.45, 7) is -0.786. The lowest BCUT2D eigenvalue weighted by molar-refractivity contribution is -0.116. The molecular weight excluding hydrogens is 316 g/mol. The topological polar surface area (TPSA) is 56.1 Å². The van der Waals surface area contributed by atoms with Gasteiger partial charge in [0.25, 0.3) is 0 Å². The van der Waals surface area contributed by atoms with Crippen LogP contribution < -0.4 is 10.1 Å². The van der Waals surface area contributed by atoms with Crippen molar-refractivity contribution in [2.45, 2.75) is 26.5 Å². The molecule has 1 aromatic heterocycles. The van der Waals surface area contributed by atoms with Crippen LogP contribution in [0.5, 0.6) is 5.75 Å². The Labute approximate surface area is 130 Å². The molecule has 0 spiro atoms. The number of hydrogen-bond acceptors (Lipinski definition) is 3. The lowest BCUT2D eigenvalue weighted by Crippen LogP contribution is -2.15. The van der Waals surface area contributed by atoms with E-state index < -0.39 is 6.61 Å². The molecule has 0 unspecified atom stereocenters. The number of ether oxygens (including phenoxy) is 1. The number of rotatable bonds is 6. The summed E-state index contributed by atoms with van der Waals surface area (Å²) in [5.74, 6) is -0.158. The van der Waals surface area contributed by atoms with Gasteiger partial charge in [-0.3, -0.25) is 9.48 Å². The van der Waals surface area contributed by atoms with Crippen LogP contribution >= 0.6 is 11.6 Å². The van der Waals surface area contributed by atoms with Crippen molar-refractivity contribution in [1.82, 2.24) is 9.78 Å². The zero-order valence-electron chi connectivity index (χ0n) is 11.7. The minimum Gasteiger partial charge on any atom is -0.435 e. The number of amides is 1. The highest BCUT2D eigenvalue weighted by Crippen LogP contribution is 2.22. The van der Waals surface area contributed by atoms with Gasteiger partial charge in [0, 0.05) is 24.8 Å². The van der Waals surface area contributed by atoms with Gasteiger partial charge in [-0.1, -0.05) is 11.6 Å². The number of aromatic nitrogens is 2. The number of halogens is 3. The van der Waals surface area contributed by atoms with E-state index in [2.05, 4.69) is 15.2 Å². The molecule has 8 heteroatoms. The zero-order chi connectivity index (χ0) is 16.1. The number of carbonyl (C=O) groups excluding carboxylic acids is 1. The number of alkyl halides is 2. The molecule has 0 atom stereocenters. The Morgan fingerprint density at radius 1 is 1.50 bits per heavy atom. The first kappa shape index (κ1) is 16.2. The summed E-state index contributed by atoms with van der Waals surface area (Å²) >= 11 is 5.73. The molecule has 1 heterocycles. The molecule has 1 N–H and O–H groups in total. The van der Waals surface area contributed by atoms with Crippen LogP contribution in [0, 0.1) is 6.92 Å². The average Bonchev–Trinajstić information content (AvgIpc) is 2.85. The SMILES string of the molecule is Cc1cc(OC(F)F)ccc1NC(=O)CCn1cc(Cl)cn1. The highest BCUT2D eigenvalue weighted by atomic mass is 35.5. The van der Waals surface area contributed by atoms with Gasteiger partial charge in [-0.15, -0.1) is 0 Å². The quantitative estimate of drug-likeness (QED) is 0.882. The number of nitrogens with one attached hydrogen (secondary N) is 1. The molecule has 118 valence electrons. The van der Waals surface area contributed by atoms with Crippen molar-refractivity contribution >= 4 is 23.2 Å². The van der Waals surface area contributed by atoms with E-state index >= 15 is 0 Å². The lowest BCUT2D eigenvalue weighted by atomic mass is 10.2. The van der Waals surface area contributed by atoms with E-state index in [4.69, 9.17) is 11.6 Å². The summed E-state index contributed by atoms with van der Waals surface area (Å²) in [4.78, 5) is 11.9. The van der Waals surface area contributed by atoms with Crippen LogP contribution in [0.1, 0.15) is 12.0 Å². The van der Waals surface area contributed by atoms with Crippen LogP contribution in [-0.2, 0) is 11.3 Å². The number of anilines is 1. The van der Waals surface area contributed by atoms with E-state index in [1.807, 2.05) is 0 Å². The van der Waals surface area contributed by atoms with Gasteiger partial charge in [-0.05, 0) is 30.7 Å². The molecule has 1 aromatic carbocycles. The second-order valence-electron chi connectivity index (χ2n) is 4.58. The van der Waals surface area contributed by atoms with Gasteiger partial charge in [0.05, 0.1) is 11.2 Å². The first-order valence-electron chi connectivity index (χ1n) is 6.47. The second-order valence-corrected chi connectivity index (χ2v) is 5.01. The van der Waals surface area contributed by atoms with Crippen molar-refractivity contribution < 1.29 is 18.3 Å². The highest BCUT2D eigenvalue weighted by Gasteiger charge is 2.09. The van der Waals surface area contributed by atoms with Gasteiger partial charge in [0.2, 0.25) is 5.91 Å². The first-order valence-corrected chi connectivity index (χ1v) is 6.85. The molecule has 0 radical (unpaired) electrons. The maximum atomic E-state index is 12.1.